The number of ether oxygens (including phenoxy) is 2. The van der Waals surface area contributed by atoms with Crippen molar-refractivity contribution in [2.24, 2.45) is 0 Å². The van der Waals surface area contributed by atoms with Crippen LogP contribution in [0.15, 0.2) is 60.7 Å². The van der Waals surface area contributed by atoms with E-state index in [9.17, 15) is 24.6 Å². The van der Waals surface area contributed by atoms with Crippen LogP contribution < -0.4 is 15.5 Å². The zero-order chi connectivity index (χ0) is 29.6. The van der Waals surface area contributed by atoms with Crippen LogP contribution in [0, 0.1) is 0 Å². The number of unbranched alkanes of at least 4 members (excludes halogenated alkanes) is 1. The Kier molecular flexibility index (Phi) is 9.06. The van der Waals surface area contributed by atoms with Crippen molar-refractivity contribution in [3.63, 3.8) is 0 Å². The fourth-order valence-electron chi connectivity index (χ4n) is 4.66. The lowest BCUT2D eigenvalue weighted by Crippen LogP contribution is -2.45. The summed E-state index contributed by atoms with van der Waals surface area (Å²) in [6.07, 6.45) is -0.328. The lowest BCUT2D eigenvalue weighted by Gasteiger charge is -2.20. The lowest BCUT2D eigenvalue weighted by molar-refractivity contribution is -0.148. The molecule has 0 spiro atoms. The second-order valence-electron chi connectivity index (χ2n) is 10.7. The predicted octanol–water partition coefficient (Wildman–Crippen LogP) is 4.46. The van der Waals surface area contributed by atoms with Gasteiger partial charge < -0.3 is 35.2 Å². The number of nitrogens with zero attached hydrogens (tertiary/aromatic N) is 1. The first kappa shape index (κ1) is 29.3. The summed E-state index contributed by atoms with van der Waals surface area (Å²) in [7, 11) is 0. The highest BCUT2D eigenvalue weighted by atomic mass is 16.7. The topological polar surface area (TPSA) is 148 Å². The average Bonchev–Trinajstić information content (AvgIpc) is 3.41. The van der Waals surface area contributed by atoms with Crippen molar-refractivity contribution in [1.29, 1.82) is 0 Å². The van der Waals surface area contributed by atoms with Gasteiger partial charge in [-0.2, -0.15) is 0 Å². The summed E-state index contributed by atoms with van der Waals surface area (Å²) >= 11 is 0. The molecule has 4 rings (SSSR count). The van der Waals surface area contributed by atoms with Gasteiger partial charge in [-0.1, -0.05) is 48.5 Å². The molecule has 1 aliphatic rings. The van der Waals surface area contributed by atoms with Crippen LogP contribution in [0.4, 0.5) is 9.59 Å². The number of nitrogens with one attached hydrogen (secondary N) is 2. The monoisotopic (exact) mass is 565 g/mol. The van der Waals surface area contributed by atoms with Crippen LogP contribution in [0.2, 0.25) is 0 Å². The third kappa shape index (κ3) is 7.50. The number of benzene rings is 2. The van der Waals surface area contributed by atoms with Crippen LogP contribution >= 0.6 is 0 Å². The summed E-state index contributed by atoms with van der Waals surface area (Å²) in [6.45, 7) is 5.63. The molecule has 0 fully saturated rings. The molecular weight excluding hydrogens is 530 g/mol. The van der Waals surface area contributed by atoms with E-state index in [1.807, 2.05) is 48.5 Å². The molecule has 1 heterocycles. The summed E-state index contributed by atoms with van der Waals surface area (Å²) in [5.74, 6) is -2.05. The van der Waals surface area contributed by atoms with Gasteiger partial charge in [0.15, 0.2) is 0 Å². The van der Waals surface area contributed by atoms with Gasteiger partial charge in [-0.05, 0) is 62.3 Å². The molecule has 0 bridgehead atoms. The number of hydrogen-bond donors (Lipinski definition) is 4. The second-order valence-corrected chi connectivity index (χ2v) is 10.7. The number of hydrogen-bond acceptors (Lipinski definition) is 8. The van der Waals surface area contributed by atoms with Crippen molar-refractivity contribution in [2.45, 2.75) is 57.6 Å². The highest BCUT2D eigenvalue weighted by Crippen LogP contribution is 2.44. The van der Waals surface area contributed by atoms with Gasteiger partial charge in [0, 0.05) is 24.6 Å². The largest absolute Gasteiger partial charge is 0.492 e. The van der Waals surface area contributed by atoms with E-state index in [0.29, 0.717) is 24.1 Å². The summed E-state index contributed by atoms with van der Waals surface area (Å²) < 4.78 is 11.3. The fraction of sp³-hybridized carbons (Fsp3) is 0.367. The highest BCUT2D eigenvalue weighted by molar-refractivity contribution is 5.82. The molecule has 0 radical (unpaired) electrons. The number of amides is 2. The molecule has 11 nitrogen and oxygen atoms in total. The van der Waals surface area contributed by atoms with Crippen LogP contribution in [0.1, 0.15) is 57.1 Å². The Morgan fingerprint density at radius 2 is 1.46 bits per heavy atom. The zero-order valence-electron chi connectivity index (χ0n) is 23.3. The van der Waals surface area contributed by atoms with Crippen LogP contribution in [0.25, 0.3) is 11.1 Å². The Labute approximate surface area is 238 Å². The Hall–Kier alpha value is -4.67. The van der Waals surface area contributed by atoms with Crippen LogP contribution in [0.5, 0.6) is 11.8 Å². The minimum atomic E-state index is -1.16. The Morgan fingerprint density at radius 3 is 2.05 bits per heavy atom. The molecule has 2 aromatic carbocycles. The molecule has 1 aromatic heterocycles. The maximum Gasteiger partial charge on any atom is 0.407 e. The number of alkyl carbamates (subject to hydrolysis) is 2. The minimum Gasteiger partial charge on any atom is -0.492 e. The van der Waals surface area contributed by atoms with Gasteiger partial charge in [0.05, 0.1) is 0 Å². The molecule has 11 heteroatoms. The molecule has 0 saturated carbocycles. The molecule has 4 N–H and O–H groups in total. The smallest absolute Gasteiger partial charge is 0.407 e. The first-order valence-electron chi connectivity index (χ1n) is 13.4. The fourth-order valence-corrected chi connectivity index (χ4v) is 4.66. The number of carbonyl (C=O) groups is 3. The van der Waals surface area contributed by atoms with Crippen LogP contribution in [0.3, 0.4) is 0 Å². The standard InChI is InChI=1S/C30H35N3O8/c1-30(2,3)40-28(37)31-17-9-8-14-24(27(36)41-33-25(34)15-16-26(33)35)32-29(38)39-18-23-21-12-6-4-10-19(21)20-11-5-7-13-22(20)23/h4-7,10-13,15-16,23-24,34-35H,8-9,14,17-18H2,1-3H3,(H,31,37)(H,32,38). The zero-order valence-corrected chi connectivity index (χ0v) is 23.3. The van der Waals surface area contributed by atoms with Gasteiger partial charge in [0.1, 0.15) is 18.2 Å². The lowest BCUT2D eigenvalue weighted by atomic mass is 9.98. The normalized spacial score (nSPS) is 13.0. The van der Waals surface area contributed by atoms with Crippen molar-refractivity contribution in [3.8, 4) is 22.9 Å². The van der Waals surface area contributed by atoms with E-state index in [4.69, 9.17) is 14.3 Å². The molecule has 41 heavy (non-hydrogen) atoms. The van der Waals surface area contributed by atoms with Gasteiger partial charge in [0.2, 0.25) is 11.8 Å². The summed E-state index contributed by atoms with van der Waals surface area (Å²) in [4.78, 5) is 42.8. The first-order chi connectivity index (χ1) is 19.5. The van der Waals surface area contributed by atoms with E-state index in [2.05, 4.69) is 10.6 Å². The van der Waals surface area contributed by atoms with E-state index in [1.54, 1.807) is 20.8 Å². The molecule has 3 aromatic rings. The molecular formula is C30H35N3O8. The molecule has 2 amide bonds. The number of fused-ring (bicyclic) bond motifs is 3. The van der Waals surface area contributed by atoms with Crippen LogP contribution in [-0.4, -0.2) is 57.9 Å². The van der Waals surface area contributed by atoms with Crippen molar-refractivity contribution in [1.82, 2.24) is 15.4 Å². The average molecular weight is 566 g/mol. The molecule has 218 valence electrons. The Bertz CT molecular complexity index is 1330. The SMILES string of the molecule is CC(C)(C)OC(=O)NCCCCC(NC(=O)OCC1c2ccccc2-c2ccccc21)C(=O)On1c(O)ccc1O. The maximum atomic E-state index is 12.9. The van der Waals surface area contributed by atoms with E-state index in [1.165, 1.54) is 0 Å². The van der Waals surface area contributed by atoms with Crippen LogP contribution in [-0.2, 0) is 14.3 Å². The van der Waals surface area contributed by atoms with Crippen molar-refractivity contribution < 1.29 is 38.9 Å². The number of aromatic hydroxyl groups is 2. The summed E-state index contributed by atoms with van der Waals surface area (Å²) in [5, 5.41) is 24.9. The third-order valence-corrected chi connectivity index (χ3v) is 6.49. The molecule has 0 saturated heterocycles. The molecule has 0 aliphatic heterocycles. The van der Waals surface area contributed by atoms with Crippen molar-refractivity contribution in [2.75, 3.05) is 13.2 Å². The first-order valence-corrected chi connectivity index (χ1v) is 13.4. The van der Waals surface area contributed by atoms with Crippen molar-refractivity contribution in [3.05, 3.63) is 71.8 Å². The van der Waals surface area contributed by atoms with E-state index >= 15 is 0 Å². The molecule has 1 aliphatic carbocycles. The summed E-state index contributed by atoms with van der Waals surface area (Å²) in [6, 6.07) is 17.0. The van der Waals surface area contributed by atoms with Gasteiger partial charge in [-0.3, -0.25) is 0 Å². The van der Waals surface area contributed by atoms with E-state index in [-0.39, 0.29) is 18.9 Å². The molecule has 1 unspecified atom stereocenters. The summed E-state index contributed by atoms with van der Waals surface area (Å²) in [5.41, 5.74) is 3.65. The Morgan fingerprint density at radius 1 is 0.878 bits per heavy atom. The predicted molar refractivity (Wildman–Crippen MR) is 149 cm³/mol. The third-order valence-electron chi connectivity index (χ3n) is 6.49. The van der Waals surface area contributed by atoms with Gasteiger partial charge in [0.25, 0.3) is 0 Å². The van der Waals surface area contributed by atoms with E-state index in [0.717, 1.165) is 34.4 Å². The van der Waals surface area contributed by atoms with Gasteiger partial charge in [-0.25, -0.2) is 14.4 Å². The molecule has 1 atom stereocenters. The quantitative estimate of drug-likeness (QED) is 0.264. The number of carbonyl (C=O) groups excluding carboxylic acids is 3. The highest BCUT2D eigenvalue weighted by Gasteiger charge is 2.30. The Balaban J connectivity index is 1.36. The number of rotatable bonds is 10. The van der Waals surface area contributed by atoms with Gasteiger partial charge >= 0.3 is 18.2 Å². The maximum absolute atomic E-state index is 12.9. The van der Waals surface area contributed by atoms with Crippen molar-refractivity contribution >= 4 is 18.2 Å². The minimum absolute atomic E-state index is 0.0562. The number of aromatic nitrogens is 1. The second kappa shape index (κ2) is 12.7. The van der Waals surface area contributed by atoms with Gasteiger partial charge in [-0.15, -0.1) is 4.73 Å². The van der Waals surface area contributed by atoms with E-state index < -0.39 is 41.6 Å².